The van der Waals surface area contributed by atoms with Crippen LogP contribution in [0.15, 0.2) is 41.1 Å². The number of rotatable bonds is 6. The Balaban J connectivity index is 1.51. The van der Waals surface area contributed by atoms with Gasteiger partial charge in [-0.15, -0.1) is 0 Å². The van der Waals surface area contributed by atoms with E-state index in [0.717, 1.165) is 31.5 Å². The molecular formula is C18H23N3O3. The molecule has 1 saturated heterocycles. The van der Waals surface area contributed by atoms with Crippen LogP contribution in [0.3, 0.4) is 0 Å². The standard InChI is InChI=1S/C18H23N3O3/c1-2-23-17-8-7-14(12-20-17)11-19-15-5-3-9-21(13-15)18(22)16-6-4-10-24-16/h4,6-8,10,12,15,19H,2-3,5,9,11,13H2,1H3. The number of carbonyl (C=O) groups excluding carboxylic acids is 1. The highest BCUT2D eigenvalue weighted by Gasteiger charge is 2.25. The number of furan rings is 1. The summed E-state index contributed by atoms with van der Waals surface area (Å²) in [4.78, 5) is 18.5. The highest BCUT2D eigenvalue weighted by atomic mass is 16.5. The molecule has 1 aliphatic rings. The maximum Gasteiger partial charge on any atom is 0.289 e. The highest BCUT2D eigenvalue weighted by Crippen LogP contribution is 2.15. The van der Waals surface area contributed by atoms with Gasteiger partial charge in [0.1, 0.15) is 0 Å². The topological polar surface area (TPSA) is 67.6 Å². The largest absolute Gasteiger partial charge is 0.478 e. The average molecular weight is 329 g/mol. The normalized spacial score (nSPS) is 17.7. The third-order valence-electron chi connectivity index (χ3n) is 4.13. The molecule has 2 aromatic rings. The first-order chi connectivity index (χ1) is 11.8. The van der Waals surface area contributed by atoms with Crippen molar-refractivity contribution in [1.29, 1.82) is 0 Å². The van der Waals surface area contributed by atoms with E-state index >= 15 is 0 Å². The summed E-state index contributed by atoms with van der Waals surface area (Å²) in [5.74, 6) is 1.02. The fraction of sp³-hybridized carbons (Fsp3) is 0.444. The molecular weight excluding hydrogens is 306 g/mol. The Morgan fingerprint density at radius 1 is 1.46 bits per heavy atom. The van der Waals surface area contributed by atoms with E-state index in [9.17, 15) is 4.79 Å². The van der Waals surface area contributed by atoms with Crippen molar-refractivity contribution in [3.63, 3.8) is 0 Å². The number of nitrogens with one attached hydrogen (secondary N) is 1. The number of pyridine rings is 1. The van der Waals surface area contributed by atoms with Crippen molar-refractivity contribution < 1.29 is 13.9 Å². The SMILES string of the molecule is CCOc1ccc(CNC2CCCN(C(=O)c3ccco3)C2)cn1. The molecule has 6 heteroatoms. The van der Waals surface area contributed by atoms with Crippen LogP contribution in [0, 0.1) is 0 Å². The first kappa shape index (κ1) is 16.5. The molecule has 1 aliphatic heterocycles. The Bertz CT molecular complexity index is 640. The third-order valence-corrected chi connectivity index (χ3v) is 4.13. The summed E-state index contributed by atoms with van der Waals surface area (Å²) in [5.41, 5.74) is 1.10. The first-order valence-electron chi connectivity index (χ1n) is 8.40. The lowest BCUT2D eigenvalue weighted by Crippen LogP contribution is -2.47. The third kappa shape index (κ3) is 4.14. The number of ether oxygens (including phenoxy) is 1. The van der Waals surface area contributed by atoms with Crippen LogP contribution >= 0.6 is 0 Å². The smallest absolute Gasteiger partial charge is 0.289 e. The maximum atomic E-state index is 12.4. The molecule has 24 heavy (non-hydrogen) atoms. The second kappa shape index (κ2) is 7.97. The summed E-state index contributed by atoms with van der Waals surface area (Å²) in [5, 5.41) is 3.51. The van der Waals surface area contributed by atoms with E-state index in [-0.39, 0.29) is 11.9 Å². The van der Waals surface area contributed by atoms with Gasteiger partial charge in [0.2, 0.25) is 5.88 Å². The van der Waals surface area contributed by atoms with Gasteiger partial charge in [-0.1, -0.05) is 6.07 Å². The predicted molar refractivity (Wildman–Crippen MR) is 89.9 cm³/mol. The lowest BCUT2D eigenvalue weighted by Gasteiger charge is -2.32. The second-order valence-electron chi connectivity index (χ2n) is 5.89. The number of hydrogen-bond donors (Lipinski definition) is 1. The van der Waals surface area contributed by atoms with Gasteiger partial charge in [0, 0.05) is 37.9 Å². The zero-order valence-corrected chi connectivity index (χ0v) is 13.9. The van der Waals surface area contributed by atoms with Gasteiger partial charge in [0.05, 0.1) is 12.9 Å². The van der Waals surface area contributed by atoms with Crippen molar-refractivity contribution in [2.75, 3.05) is 19.7 Å². The first-order valence-corrected chi connectivity index (χ1v) is 8.40. The number of hydrogen-bond acceptors (Lipinski definition) is 5. The van der Waals surface area contributed by atoms with Crippen molar-refractivity contribution in [3.05, 3.63) is 48.0 Å². The minimum absolute atomic E-state index is 0.0331. The van der Waals surface area contributed by atoms with E-state index in [1.54, 1.807) is 12.1 Å². The minimum atomic E-state index is -0.0331. The quantitative estimate of drug-likeness (QED) is 0.882. The Hall–Kier alpha value is -2.34. The summed E-state index contributed by atoms with van der Waals surface area (Å²) < 4.78 is 10.6. The lowest BCUT2D eigenvalue weighted by atomic mass is 10.0. The van der Waals surface area contributed by atoms with Gasteiger partial charge < -0.3 is 19.4 Å². The molecule has 0 aromatic carbocycles. The summed E-state index contributed by atoms with van der Waals surface area (Å²) in [7, 11) is 0. The van der Waals surface area contributed by atoms with E-state index in [1.807, 2.05) is 30.2 Å². The van der Waals surface area contributed by atoms with E-state index in [0.29, 0.717) is 24.8 Å². The molecule has 3 rings (SSSR count). The van der Waals surface area contributed by atoms with Gasteiger partial charge in [0.15, 0.2) is 5.76 Å². The van der Waals surface area contributed by atoms with Crippen LogP contribution in [0.4, 0.5) is 0 Å². The van der Waals surface area contributed by atoms with Crippen molar-refractivity contribution in [2.45, 2.75) is 32.4 Å². The average Bonchev–Trinajstić information content (AvgIpc) is 3.16. The molecule has 1 N–H and O–H groups in total. The number of carbonyl (C=O) groups is 1. The van der Waals surface area contributed by atoms with E-state index < -0.39 is 0 Å². The molecule has 1 fully saturated rings. The van der Waals surface area contributed by atoms with Crippen molar-refractivity contribution in [2.24, 2.45) is 0 Å². The molecule has 0 saturated carbocycles. The van der Waals surface area contributed by atoms with Crippen LogP contribution in [0.5, 0.6) is 5.88 Å². The fourth-order valence-corrected chi connectivity index (χ4v) is 2.90. The van der Waals surface area contributed by atoms with Crippen LogP contribution in [0.1, 0.15) is 35.9 Å². The van der Waals surface area contributed by atoms with Gasteiger partial charge in [-0.25, -0.2) is 4.98 Å². The summed E-state index contributed by atoms with van der Waals surface area (Å²) in [6.07, 6.45) is 5.41. The van der Waals surface area contributed by atoms with Crippen LogP contribution in [-0.2, 0) is 6.54 Å². The van der Waals surface area contributed by atoms with Crippen molar-refractivity contribution >= 4 is 5.91 Å². The maximum absolute atomic E-state index is 12.4. The zero-order valence-electron chi connectivity index (χ0n) is 13.9. The van der Waals surface area contributed by atoms with Gasteiger partial charge in [0.25, 0.3) is 5.91 Å². The number of piperidine rings is 1. The van der Waals surface area contributed by atoms with Gasteiger partial charge in [-0.3, -0.25) is 4.79 Å². The van der Waals surface area contributed by atoms with Crippen molar-refractivity contribution in [3.8, 4) is 5.88 Å². The molecule has 0 bridgehead atoms. The molecule has 1 amide bonds. The minimum Gasteiger partial charge on any atom is -0.478 e. The monoisotopic (exact) mass is 329 g/mol. The van der Waals surface area contributed by atoms with Crippen LogP contribution in [0.2, 0.25) is 0 Å². The van der Waals surface area contributed by atoms with Crippen LogP contribution in [0.25, 0.3) is 0 Å². The Morgan fingerprint density at radius 2 is 2.38 bits per heavy atom. The zero-order chi connectivity index (χ0) is 16.8. The molecule has 1 unspecified atom stereocenters. The molecule has 0 aliphatic carbocycles. The van der Waals surface area contributed by atoms with Gasteiger partial charge >= 0.3 is 0 Å². The van der Waals surface area contributed by atoms with E-state index in [1.165, 1.54) is 6.26 Å². The number of amides is 1. The van der Waals surface area contributed by atoms with Gasteiger partial charge in [-0.2, -0.15) is 0 Å². The highest BCUT2D eigenvalue weighted by molar-refractivity contribution is 5.91. The number of likely N-dealkylation sites (tertiary alicyclic amines) is 1. The Labute approximate surface area is 141 Å². The molecule has 0 spiro atoms. The predicted octanol–water partition coefficient (Wildman–Crippen LogP) is 2.47. The van der Waals surface area contributed by atoms with E-state index in [2.05, 4.69) is 10.3 Å². The van der Waals surface area contributed by atoms with Crippen molar-refractivity contribution in [1.82, 2.24) is 15.2 Å². The molecule has 1 atom stereocenters. The molecule has 3 heterocycles. The Morgan fingerprint density at radius 3 is 3.08 bits per heavy atom. The number of aromatic nitrogens is 1. The van der Waals surface area contributed by atoms with Crippen LogP contribution in [-0.4, -0.2) is 41.5 Å². The van der Waals surface area contributed by atoms with E-state index in [4.69, 9.17) is 9.15 Å². The van der Waals surface area contributed by atoms with Gasteiger partial charge in [-0.05, 0) is 37.5 Å². The Kier molecular flexibility index (Phi) is 5.48. The fourth-order valence-electron chi connectivity index (χ4n) is 2.90. The second-order valence-corrected chi connectivity index (χ2v) is 5.89. The molecule has 128 valence electrons. The molecule has 0 radical (unpaired) electrons. The number of nitrogens with zero attached hydrogens (tertiary/aromatic N) is 2. The molecule has 6 nitrogen and oxygen atoms in total. The summed E-state index contributed by atoms with van der Waals surface area (Å²) >= 11 is 0. The molecule has 2 aromatic heterocycles. The lowest BCUT2D eigenvalue weighted by molar-refractivity contribution is 0.0662. The summed E-state index contributed by atoms with van der Waals surface area (Å²) in [6.45, 7) is 4.77. The van der Waals surface area contributed by atoms with Crippen LogP contribution < -0.4 is 10.1 Å². The summed E-state index contributed by atoms with van der Waals surface area (Å²) in [6, 6.07) is 7.63.